The number of thiophene rings is 1. The lowest BCUT2D eigenvalue weighted by Gasteiger charge is -2.16. The fourth-order valence-electron chi connectivity index (χ4n) is 8.51. The van der Waals surface area contributed by atoms with Crippen LogP contribution in [0.2, 0.25) is 0 Å². The van der Waals surface area contributed by atoms with E-state index in [1.165, 1.54) is 41.7 Å². The summed E-state index contributed by atoms with van der Waals surface area (Å²) in [6.07, 6.45) is 0. The minimum absolute atomic E-state index is 0.580. The Morgan fingerprint density at radius 1 is 0.382 bits per heavy atom. The number of benzene rings is 8. The van der Waals surface area contributed by atoms with Crippen molar-refractivity contribution in [3.05, 3.63) is 176 Å². The van der Waals surface area contributed by atoms with Gasteiger partial charge in [0.25, 0.3) is 0 Å². The summed E-state index contributed by atoms with van der Waals surface area (Å²) >= 11 is 1.83. The highest BCUT2D eigenvalue weighted by molar-refractivity contribution is 7.26. The summed E-state index contributed by atoms with van der Waals surface area (Å²) in [5, 5.41) is 9.61. The standard InChI is InChI=1S/C49H29N5S/c1-2-14-30(15-3-1)47-50-48(52-49(51-47)54-41-23-11-6-18-33(41)34-19-7-12-24-42(34)54)38-27-26-37-36-21-9-13-25-44(36)55-46(37)45(38)53-40-22-10-8-20-35(40)39-28-31-16-4-5-17-32(31)29-43(39)53/h1-29H. The highest BCUT2D eigenvalue weighted by Gasteiger charge is 2.24. The van der Waals surface area contributed by atoms with Crippen LogP contribution in [0.3, 0.4) is 0 Å². The Balaban J connectivity index is 1.24. The molecule has 12 rings (SSSR count). The van der Waals surface area contributed by atoms with E-state index in [0.29, 0.717) is 17.6 Å². The molecule has 5 nitrogen and oxygen atoms in total. The first-order valence-corrected chi connectivity index (χ1v) is 19.3. The van der Waals surface area contributed by atoms with Crippen molar-refractivity contribution in [1.82, 2.24) is 24.1 Å². The van der Waals surface area contributed by atoms with E-state index in [2.05, 4.69) is 167 Å². The Morgan fingerprint density at radius 2 is 0.945 bits per heavy atom. The quantitative estimate of drug-likeness (QED) is 0.182. The fraction of sp³-hybridized carbons (Fsp3) is 0. The minimum atomic E-state index is 0.580. The van der Waals surface area contributed by atoms with E-state index in [0.717, 1.165) is 49.7 Å². The summed E-state index contributed by atoms with van der Waals surface area (Å²) in [7, 11) is 0. The summed E-state index contributed by atoms with van der Waals surface area (Å²) in [4.78, 5) is 16.0. The van der Waals surface area contributed by atoms with Crippen molar-refractivity contribution in [1.29, 1.82) is 0 Å². The van der Waals surface area contributed by atoms with Gasteiger partial charge in [-0.3, -0.25) is 4.57 Å². The number of rotatable bonds is 4. The van der Waals surface area contributed by atoms with Crippen LogP contribution >= 0.6 is 11.3 Å². The Labute approximate surface area is 319 Å². The highest BCUT2D eigenvalue weighted by atomic mass is 32.1. The Hall–Kier alpha value is -7.15. The van der Waals surface area contributed by atoms with Crippen molar-refractivity contribution in [3.63, 3.8) is 0 Å². The van der Waals surface area contributed by atoms with Gasteiger partial charge in [-0.2, -0.15) is 9.97 Å². The van der Waals surface area contributed by atoms with Crippen LogP contribution in [0.5, 0.6) is 0 Å². The highest BCUT2D eigenvalue weighted by Crippen LogP contribution is 2.45. The van der Waals surface area contributed by atoms with Gasteiger partial charge in [0.15, 0.2) is 11.6 Å². The zero-order valence-corrected chi connectivity index (χ0v) is 30.2. The Morgan fingerprint density at radius 3 is 1.67 bits per heavy atom. The van der Waals surface area contributed by atoms with Gasteiger partial charge in [0.05, 0.1) is 32.5 Å². The molecule has 0 saturated carbocycles. The lowest BCUT2D eigenvalue weighted by molar-refractivity contribution is 0.952. The van der Waals surface area contributed by atoms with Crippen LogP contribution in [0.15, 0.2) is 176 Å². The molecular formula is C49H29N5S. The molecule has 12 aromatic rings. The van der Waals surface area contributed by atoms with Gasteiger partial charge in [-0.05, 0) is 53.2 Å². The molecule has 0 N–H and O–H groups in total. The molecule has 0 unspecified atom stereocenters. The zero-order valence-electron chi connectivity index (χ0n) is 29.4. The van der Waals surface area contributed by atoms with Crippen molar-refractivity contribution in [2.24, 2.45) is 0 Å². The van der Waals surface area contributed by atoms with E-state index in [9.17, 15) is 0 Å². The monoisotopic (exact) mass is 719 g/mol. The predicted molar refractivity (Wildman–Crippen MR) is 230 cm³/mol. The molecule has 0 spiro atoms. The topological polar surface area (TPSA) is 48.5 Å². The van der Waals surface area contributed by atoms with Crippen LogP contribution in [0, 0.1) is 0 Å². The van der Waals surface area contributed by atoms with Crippen molar-refractivity contribution >= 4 is 85.9 Å². The number of hydrogen-bond donors (Lipinski definition) is 0. The molecular weight excluding hydrogens is 691 g/mol. The molecule has 8 aromatic carbocycles. The first-order chi connectivity index (χ1) is 27.3. The van der Waals surface area contributed by atoms with E-state index in [1.54, 1.807) is 0 Å². The third-order valence-electron chi connectivity index (χ3n) is 11.0. The fourth-order valence-corrected chi connectivity index (χ4v) is 9.75. The lowest BCUT2D eigenvalue weighted by atomic mass is 10.1. The maximum absolute atomic E-state index is 5.45. The molecule has 0 saturated heterocycles. The number of fused-ring (bicyclic) bond motifs is 10. The van der Waals surface area contributed by atoms with Gasteiger partial charge < -0.3 is 4.57 Å². The average molecular weight is 720 g/mol. The molecule has 4 aromatic heterocycles. The molecule has 256 valence electrons. The van der Waals surface area contributed by atoms with Gasteiger partial charge in [0.2, 0.25) is 5.95 Å². The van der Waals surface area contributed by atoms with Gasteiger partial charge in [-0.25, -0.2) is 4.98 Å². The van der Waals surface area contributed by atoms with Crippen LogP contribution in [0.25, 0.3) is 109 Å². The van der Waals surface area contributed by atoms with Crippen molar-refractivity contribution in [2.45, 2.75) is 0 Å². The van der Waals surface area contributed by atoms with Gasteiger partial charge >= 0.3 is 0 Å². The second-order valence-corrected chi connectivity index (χ2v) is 15.1. The summed E-state index contributed by atoms with van der Waals surface area (Å²) in [6.45, 7) is 0. The van der Waals surface area contributed by atoms with Gasteiger partial charge in [0, 0.05) is 48.1 Å². The summed E-state index contributed by atoms with van der Waals surface area (Å²) in [6, 6.07) is 62.5. The van der Waals surface area contributed by atoms with Gasteiger partial charge in [0.1, 0.15) is 0 Å². The summed E-state index contributed by atoms with van der Waals surface area (Å²) in [5.74, 6) is 1.82. The molecule has 0 fully saturated rings. The number of nitrogens with zero attached hydrogens (tertiary/aromatic N) is 5. The van der Waals surface area contributed by atoms with Crippen molar-refractivity contribution in [2.75, 3.05) is 0 Å². The first kappa shape index (κ1) is 30.3. The van der Waals surface area contributed by atoms with Crippen LogP contribution in [0.1, 0.15) is 0 Å². The largest absolute Gasteiger partial charge is 0.307 e. The lowest BCUT2D eigenvalue weighted by Crippen LogP contribution is -2.08. The molecule has 0 radical (unpaired) electrons. The Bertz CT molecular complexity index is 3450. The molecule has 0 bridgehead atoms. The van der Waals surface area contributed by atoms with Gasteiger partial charge in [-0.1, -0.05) is 133 Å². The second-order valence-electron chi connectivity index (χ2n) is 14.0. The third kappa shape index (κ3) is 4.49. The normalized spacial score (nSPS) is 12.0. The molecule has 0 aliphatic rings. The maximum atomic E-state index is 5.45. The minimum Gasteiger partial charge on any atom is -0.307 e. The predicted octanol–water partition coefficient (Wildman–Crippen LogP) is 12.9. The molecule has 0 atom stereocenters. The second kappa shape index (κ2) is 11.7. The summed E-state index contributed by atoms with van der Waals surface area (Å²) in [5.41, 5.74) is 7.32. The third-order valence-corrected chi connectivity index (χ3v) is 12.2. The van der Waals surface area contributed by atoms with E-state index in [4.69, 9.17) is 15.0 Å². The first-order valence-electron chi connectivity index (χ1n) is 18.5. The molecule has 0 aliphatic carbocycles. The van der Waals surface area contributed by atoms with E-state index >= 15 is 0 Å². The van der Waals surface area contributed by atoms with Crippen molar-refractivity contribution < 1.29 is 0 Å². The van der Waals surface area contributed by atoms with Crippen LogP contribution in [0.4, 0.5) is 0 Å². The molecule has 4 heterocycles. The Kier molecular flexibility index (Phi) is 6.44. The van der Waals surface area contributed by atoms with Crippen molar-refractivity contribution in [3.8, 4) is 34.4 Å². The molecule has 6 heteroatoms. The number of aromatic nitrogens is 5. The number of hydrogen-bond acceptors (Lipinski definition) is 4. The van der Waals surface area contributed by atoms with E-state index < -0.39 is 0 Å². The van der Waals surface area contributed by atoms with E-state index in [1.807, 2.05) is 29.5 Å². The molecule has 55 heavy (non-hydrogen) atoms. The molecule has 0 aliphatic heterocycles. The van der Waals surface area contributed by atoms with Crippen LogP contribution < -0.4 is 0 Å². The van der Waals surface area contributed by atoms with Gasteiger partial charge in [-0.15, -0.1) is 11.3 Å². The number of para-hydroxylation sites is 3. The van der Waals surface area contributed by atoms with Crippen LogP contribution in [-0.4, -0.2) is 24.1 Å². The van der Waals surface area contributed by atoms with E-state index in [-0.39, 0.29) is 0 Å². The average Bonchev–Trinajstić information content (AvgIpc) is 3.90. The zero-order chi connectivity index (χ0) is 36.0. The summed E-state index contributed by atoms with van der Waals surface area (Å²) < 4.78 is 7.08. The SMILES string of the molecule is c1ccc(-c2nc(-c3ccc4c(sc5ccccc54)c3-n3c4ccccc4c4cc5ccccc5cc43)nc(-n3c4ccccc4c4ccccc43)n2)cc1. The smallest absolute Gasteiger partial charge is 0.238 e. The van der Waals surface area contributed by atoms with Crippen LogP contribution in [-0.2, 0) is 0 Å². The molecule has 0 amide bonds. The maximum Gasteiger partial charge on any atom is 0.238 e.